The van der Waals surface area contributed by atoms with Crippen LogP contribution in [0.1, 0.15) is 13.8 Å². The Morgan fingerprint density at radius 1 is 0.958 bits per heavy atom. The summed E-state index contributed by atoms with van der Waals surface area (Å²) in [7, 11) is 0. The van der Waals surface area contributed by atoms with Gasteiger partial charge in [0.2, 0.25) is 0 Å². The molecule has 3 atom stereocenters. The molecular weight excluding hydrogens is 306 g/mol. The molecule has 0 spiro atoms. The highest BCUT2D eigenvalue weighted by Gasteiger charge is 2.25. The highest BCUT2D eigenvalue weighted by molar-refractivity contribution is 5.75. The minimum atomic E-state index is -0.681. The van der Waals surface area contributed by atoms with Gasteiger partial charge in [0, 0.05) is 0 Å². The van der Waals surface area contributed by atoms with E-state index in [0.29, 0.717) is 5.75 Å². The molecule has 0 radical (unpaired) electrons. The number of hydrogen-bond acceptors (Lipinski definition) is 5. The van der Waals surface area contributed by atoms with Crippen molar-refractivity contribution < 1.29 is 19.0 Å². The largest absolute Gasteiger partial charge is 0.490 e. The SMILES string of the molecule is C[C@H](N)C(=O)O[C@@H](C)[C@@H](COc1ccccc1)Oc1ccccc1. The first-order chi connectivity index (χ1) is 11.6. The van der Waals surface area contributed by atoms with E-state index in [1.54, 1.807) is 13.8 Å². The van der Waals surface area contributed by atoms with Crippen molar-refractivity contribution in [1.29, 1.82) is 0 Å². The number of para-hydroxylation sites is 2. The lowest BCUT2D eigenvalue weighted by Gasteiger charge is -2.26. The number of ether oxygens (including phenoxy) is 3. The maximum Gasteiger partial charge on any atom is 0.323 e. The summed E-state index contributed by atoms with van der Waals surface area (Å²) in [5, 5.41) is 0. The second kappa shape index (κ2) is 8.93. The van der Waals surface area contributed by atoms with Crippen LogP contribution in [0.25, 0.3) is 0 Å². The van der Waals surface area contributed by atoms with E-state index in [0.717, 1.165) is 5.75 Å². The Balaban J connectivity index is 2.03. The van der Waals surface area contributed by atoms with Crippen LogP contribution in [0.5, 0.6) is 11.5 Å². The predicted molar refractivity (Wildman–Crippen MR) is 92.0 cm³/mol. The van der Waals surface area contributed by atoms with Crippen LogP contribution in [0, 0.1) is 0 Å². The molecule has 2 aromatic carbocycles. The molecule has 128 valence electrons. The van der Waals surface area contributed by atoms with Crippen molar-refractivity contribution in [2.75, 3.05) is 6.61 Å². The summed E-state index contributed by atoms with van der Waals surface area (Å²) in [6, 6.07) is 18.1. The quantitative estimate of drug-likeness (QED) is 0.754. The number of rotatable bonds is 8. The van der Waals surface area contributed by atoms with Gasteiger partial charge in [-0.2, -0.15) is 0 Å². The third-order valence-corrected chi connectivity index (χ3v) is 3.39. The smallest absolute Gasteiger partial charge is 0.323 e. The van der Waals surface area contributed by atoms with Crippen molar-refractivity contribution in [2.24, 2.45) is 5.73 Å². The third-order valence-electron chi connectivity index (χ3n) is 3.39. The van der Waals surface area contributed by atoms with Gasteiger partial charge in [-0.25, -0.2) is 0 Å². The maximum atomic E-state index is 11.7. The van der Waals surface area contributed by atoms with E-state index in [9.17, 15) is 4.79 Å². The number of esters is 1. The van der Waals surface area contributed by atoms with Crippen LogP contribution in [0.4, 0.5) is 0 Å². The third kappa shape index (κ3) is 5.59. The Labute approximate surface area is 142 Å². The van der Waals surface area contributed by atoms with Gasteiger partial charge in [-0.1, -0.05) is 36.4 Å². The summed E-state index contributed by atoms with van der Waals surface area (Å²) in [5.74, 6) is 0.941. The lowest BCUT2D eigenvalue weighted by atomic mass is 10.2. The predicted octanol–water partition coefficient (Wildman–Crippen LogP) is 2.79. The highest BCUT2D eigenvalue weighted by atomic mass is 16.6. The zero-order valence-corrected chi connectivity index (χ0v) is 13.9. The van der Waals surface area contributed by atoms with Crippen molar-refractivity contribution in [1.82, 2.24) is 0 Å². The molecule has 0 unspecified atom stereocenters. The second-order valence-corrected chi connectivity index (χ2v) is 5.52. The van der Waals surface area contributed by atoms with Gasteiger partial charge >= 0.3 is 5.97 Å². The van der Waals surface area contributed by atoms with Gasteiger partial charge < -0.3 is 19.9 Å². The monoisotopic (exact) mass is 329 g/mol. The van der Waals surface area contributed by atoms with Crippen LogP contribution < -0.4 is 15.2 Å². The molecule has 0 aromatic heterocycles. The number of carbonyl (C=O) groups excluding carboxylic acids is 1. The lowest BCUT2D eigenvalue weighted by molar-refractivity contribution is -0.154. The molecule has 2 aromatic rings. The first-order valence-electron chi connectivity index (χ1n) is 7.92. The van der Waals surface area contributed by atoms with Crippen molar-refractivity contribution in [3.05, 3.63) is 60.7 Å². The molecule has 0 saturated heterocycles. The molecule has 5 heteroatoms. The topological polar surface area (TPSA) is 70.8 Å². The molecule has 0 saturated carbocycles. The molecule has 0 bridgehead atoms. The minimum Gasteiger partial charge on any atom is -0.490 e. The number of nitrogens with two attached hydrogens (primary N) is 1. The lowest BCUT2D eigenvalue weighted by Crippen LogP contribution is -2.41. The van der Waals surface area contributed by atoms with E-state index in [2.05, 4.69) is 0 Å². The highest BCUT2D eigenvalue weighted by Crippen LogP contribution is 2.16. The molecule has 0 amide bonds. The zero-order chi connectivity index (χ0) is 17.4. The van der Waals surface area contributed by atoms with Crippen LogP contribution in [0.15, 0.2) is 60.7 Å². The zero-order valence-electron chi connectivity index (χ0n) is 13.9. The van der Waals surface area contributed by atoms with Gasteiger partial charge in [-0.15, -0.1) is 0 Å². The fourth-order valence-electron chi connectivity index (χ4n) is 2.00. The normalized spacial score (nSPS) is 14.3. The van der Waals surface area contributed by atoms with Crippen molar-refractivity contribution in [3.63, 3.8) is 0 Å². The minimum absolute atomic E-state index is 0.242. The van der Waals surface area contributed by atoms with Gasteiger partial charge in [0.15, 0.2) is 6.10 Å². The first kappa shape index (κ1) is 17.8. The number of hydrogen-bond donors (Lipinski definition) is 1. The Hall–Kier alpha value is -2.53. The van der Waals surface area contributed by atoms with Crippen LogP contribution >= 0.6 is 0 Å². The summed E-state index contributed by atoms with van der Waals surface area (Å²) in [6.07, 6.45) is -0.970. The van der Waals surface area contributed by atoms with Gasteiger partial charge in [0.1, 0.15) is 30.3 Å². The van der Waals surface area contributed by atoms with E-state index in [1.807, 2.05) is 60.7 Å². The maximum absolute atomic E-state index is 11.7. The number of carbonyl (C=O) groups is 1. The Bertz CT molecular complexity index is 616. The summed E-state index contributed by atoms with van der Waals surface area (Å²) in [5.41, 5.74) is 5.56. The Kier molecular flexibility index (Phi) is 6.63. The van der Waals surface area contributed by atoms with Gasteiger partial charge in [-0.3, -0.25) is 4.79 Å². The second-order valence-electron chi connectivity index (χ2n) is 5.52. The van der Waals surface area contributed by atoms with Crippen LogP contribution in [0.2, 0.25) is 0 Å². The first-order valence-corrected chi connectivity index (χ1v) is 7.92. The molecule has 0 aliphatic heterocycles. The van der Waals surface area contributed by atoms with Crippen LogP contribution in [0.3, 0.4) is 0 Å². The van der Waals surface area contributed by atoms with E-state index in [1.165, 1.54) is 0 Å². The summed E-state index contributed by atoms with van der Waals surface area (Å²) in [6.45, 7) is 3.59. The molecule has 2 N–H and O–H groups in total. The van der Waals surface area contributed by atoms with Gasteiger partial charge in [-0.05, 0) is 38.1 Å². The molecule has 0 fully saturated rings. The Morgan fingerprint density at radius 3 is 2.04 bits per heavy atom. The van der Waals surface area contributed by atoms with Gasteiger partial charge in [0.05, 0.1) is 0 Å². The molecule has 0 heterocycles. The molecule has 0 aliphatic carbocycles. The van der Waals surface area contributed by atoms with Crippen molar-refractivity contribution in [2.45, 2.75) is 32.1 Å². The summed E-state index contributed by atoms with van der Waals surface area (Å²) < 4.78 is 17.1. The van der Waals surface area contributed by atoms with Crippen molar-refractivity contribution in [3.8, 4) is 11.5 Å². The standard InChI is InChI=1S/C19H23NO4/c1-14(20)19(21)23-15(2)18(24-17-11-7-4-8-12-17)13-22-16-9-5-3-6-10-16/h3-12,14-15,18H,13,20H2,1-2H3/t14-,15-,18+/m0/s1. The van der Waals surface area contributed by atoms with Crippen LogP contribution in [-0.2, 0) is 9.53 Å². The van der Waals surface area contributed by atoms with E-state index in [4.69, 9.17) is 19.9 Å². The number of benzene rings is 2. The van der Waals surface area contributed by atoms with Gasteiger partial charge in [0.25, 0.3) is 0 Å². The summed E-state index contributed by atoms with van der Waals surface area (Å²) in [4.78, 5) is 11.7. The van der Waals surface area contributed by atoms with E-state index in [-0.39, 0.29) is 6.61 Å². The van der Waals surface area contributed by atoms with Crippen molar-refractivity contribution >= 4 is 5.97 Å². The molecular formula is C19H23NO4. The van der Waals surface area contributed by atoms with Crippen LogP contribution in [-0.4, -0.2) is 30.8 Å². The molecule has 24 heavy (non-hydrogen) atoms. The van der Waals surface area contributed by atoms with E-state index >= 15 is 0 Å². The fraction of sp³-hybridized carbons (Fsp3) is 0.316. The fourth-order valence-corrected chi connectivity index (χ4v) is 2.00. The van der Waals surface area contributed by atoms with E-state index < -0.39 is 24.2 Å². The molecule has 0 aliphatic rings. The average Bonchev–Trinajstić information content (AvgIpc) is 2.60. The Morgan fingerprint density at radius 2 is 1.50 bits per heavy atom. The summed E-state index contributed by atoms with van der Waals surface area (Å²) >= 11 is 0. The average molecular weight is 329 g/mol. The molecule has 2 rings (SSSR count). The molecule has 5 nitrogen and oxygen atoms in total.